The highest BCUT2D eigenvalue weighted by atomic mass is 16.5. The van der Waals surface area contributed by atoms with Crippen molar-refractivity contribution in [1.82, 2.24) is 15.5 Å². The predicted octanol–water partition coefficient (Wildman–Crippen LogP) is 2.75. The fourth-order valence-electron chi connectivity index (χ4n) is 2.81. The normalized spacial score (nSPS) is 13.2. The van der Waals surface area contributed by atoms with Gasteiger partial charge in [0.1, 0.15) is 11.8 Å². The molecule has 4 N–H and O–H groups in total. The second-order valence-electron chi connectivity index (χ2n) is 6.78. The first kappa shape index (κ1) is 20.9. The molecule has 0 bridgehead atoms. The molecule has 0 unspecified atom stereocenters. The predicted molar refractivity (Wildman–Crippen MR) is 103 cm³/mol. The fourth-order valence-corrected chi connectivity index (χ4v) is 2.81. The zero-order valence-electron chi connectivity index (χ0n) is 16.5. The third-order valence-electron chi connectivity index (χ3n) is 4.72. The molecule has 0 radical (unpaired) electrons. The van der Waals surface area contributed by atoms with Crippen molar-refractivity contribution in [3.63, 3.8) is 0 Å². The third-order valence-corrected chi connectivity index (χ3v) is 4.72. The molecule has 0 aliphatic rings. The Labute approximate surface area is 160 Å². The van der Waals surface area contributed by atoms with Gasteiger partial charge in [0.25, 0.3) is 0 Å². The van der Waals surface area contributed by atoms with E-state index in [-0.39, 0.29) is 17.9 Å². The van der Waals surface area contributed by atoms with Crippen LogP contribution < -0.4 is 15.8 Å². The highest BCUT2D eigenvalue weighted by Crippen LogP contribution is 2.27. The first-order chi connectivity index (χ1) is 13.1. The van der Waals surface area contributed by atoms with Crippen LogP contribution in [0.15, 0.2) is 28.8 Å². The van der Waals surface area contributed by atoms with Gasteiger partial charge in [0.2, 0.25) is 17.6 Å². The number of rotatable bonds is 11. The lowest BCUT2D eigenvalue weighted by molar-refractivity contribution is -0.368. The van der Waals surface area contributed by atoms with Crippen LogP contribution in [0.5, 0.6) is 5.75 Å². The number of carbonyl (C=O) groups is 1. The van der Waals surface area contributed by atoms with E-state index in [9.17, 15) is 4.79 Å². The van der Waals surface area contributed by atoms with E-state index in [0.717, 1.165) is 43.5 Å². The van der Waals surface area contributed by atoms with E-state index in [0.29, 0.717) is 18.1 Å². The van der Waals surface area contributed by atoms with Gasteiger partial charge >= 0.3 is 0 Å². The standard InChI is InChI=1S/C20H30N4O3/c1-4-14(2)18(22-17(25)11-6-5-7-12-21)20-23-19(24-27-20)15-9-8-10-16(13-15)26-3/h8-10,13-14,18H,4-7,11-12,21H2,1-3H3,(H,22,25)/p+1/t14-,18-/m0/s1. The molecule has 1 aromatic carbocycles. The molecule has 7 nitrogen and oxygen atoms in total. The molecule has 2 atom stereocenters. The highest BCUT2D eigenvalue weighted by Gasteiger charge is 2.26. The van der Waals surface area contributed by atoms with Gasteiger partial charge in [0.05, 0.1) is 13.7 Å². The number of unbranched alkanes of at least 4 members (excludes halogenated alkanes) is 2. The number of aromatic nitrogens is 2. The van der Waals surface area contributed by atoms with E-state index in [1.165, 1.54) is 0 Å². The van der Waals surface area contributed by atoms with E-state index in [1.807, 2.05) is 24.3 Å². The molecular formula is C20H31N4O3+. The Balaban J connectivity index is 2.10. The number of nitrogens with one attached hydrogen (secondary N) is 1. The summed E-state index contributed by atoms with van der Waals surface area (Å²) in [4.78, 5) is 16.9. The van der Waals surface area contributed by atoms with Crippen LogP contribution in [-0.4, -0.2) is 29.7 Å². The molecule has 1 heterocycles. The van der Waals surface area contributed by atoms with E-state index in [1.54, 1.807) is 7.11 Å². The van der Waals surface area contributed by atoms with Gasteiger partial charge in [-0.25, -0.2) is 0 Å². The number of methoxy groups -OCH3 is 1. The molecule has 1 aromatic heterocycles. The van der Waals surface area contributed by atoms with Crippen molar-refractivity contribution < 1.29 is 19.8 Å². The van der Waals surface area contributed by atoms with Crippen molar-refractivity contribution in [2.24, 2.45) is 5.92 Å². The van der Waals surface area contributed by atoms with Crippen molar-refractivity contribution >= 4 is 5.91 Å². The minimum Gasteiger partial charge on any atom is -0.497 e. The second-order valence-corrected chi connectivity index (χ2v) is 6.78. The van der Waals surface area contributed by atoms with Crippen LogP contribution in [0.4, 0.5) is 0 Å². The summed E-state index contributed by atoms with van der Waals surface area (Å²) in [6.45, 7) is 5.06. The SMILES string of the molecule is CC[C@H](C)[C@H](NC(=O)CCCCC[NH3+])c1nc(-c2cccc(OC)c2)no1. The van der Waals surface area contributed by atoms with Gasteiger partial charge in [0.15, 0.2) is 0 Å². The zero-order valence-corrected chi connectivity index (χ0v) is 16.5. The molecule has 2 aromatic rings. The first-order valence-electron chi connectivity index (χ1n) is 9.65. The molecular weight excluding hydrogens is 344 g/mol. The summed E-state index contributed by atoms with van der Waals surface area (Å²) in [5.74, 6) is 1.86. The largest absolute Gasteiger partial charge is 0.497 e. The van der Waals surface area contributed by atoms with Crippen LogP contribution in [0, 0.1) is 5.92 Å². The van der Waals surface area contributed by atoms with Crippen molar-refractivity contribution in [3.05, 3.63) is 30.2 Å². The average Bonchev–Trinajstić information content (AvgIpc) is 3.19. The molecule has 0 fully saturated rings. The summed E-state index contributed by atoms with van der Waals surface area (Å²) in [5, 5.41) is 7.17. The Morgan fingerprint density at radius 3 is 2.85 bits per heavy atom. The lowest BCUT2D eigenvalue weighted by Crippen LogP contribution is -2.50. The highest BCUT2D eigenvalue weighted by molar-refractivity contribution is 5.76. The summed E-state index contributed by atoms with van der Waals surface area (Å²) in [7, 11) is 1.62. The summed E-state index contributed by atoms with van der Waals surface area (Å²) < 4.78 is 10.7. The maximum atomic E-state index is 12.3. The summed E-state index contributed by atoms with van der Waals surface area (Å²) in [6, 6.07) is 7.21. The Kier molecular flexibility index (Phi) is 8.26. The molecule has 0 saturated carbocycles. The maximum Gasteiger partial charge on any atom is 0.249 e. The Morgan fingerprint density at radius 2 is 2.15 bits per heavy atom. The summed E-state index contributed by atoms with van der Waals surface area (Å²) >= 11 is 0. The number of carbonyl (C=O) groups excluding carboxylic acids is 1. The van der Waals surface area contributed by atoms with Crippen LogP contribution in [-0.2, 0) is 4.79 Å². The maximum absolute atomic E-state index is 12.3. The number of hydrogen-bond acceptors (Lipinski definition) is 5. The van der Waals surface area contributed by atoms with Gasteiger partial charge in [-0.15, -0.1) is 0 Å². The monoisotopic (exact) mass is 375 g/mol. The summed E-state index contributed by atoms with van der Waals surface area (Å²) in [5.41, 5.74) is 4.64. The van der Waals surface area contributed by atoms with Crippen LogP contribution in [0.2, 0.25) is 0 Å². The van der Waals surface area contributed by atoms with E-state index < -0.39 is 0 Å². The van der Waals surface area contributed by atoms with Gasteiger partial charge in [0, 0.05) is 12.0 Å². The van der Waals surface area contributed by atoms with Crippen molar-refractivity contribution in [2.75, 3.05) is 13.7 Å². The Hall–Kier alpha value is -2.41. The van der Waals surface area contributed by atoms with Crippen molar-refractivity contribution in [2.45, 2.75) is 52.0 Å². The molecule has 27 heavy (non-hydrogen) atoms. The number of ether oxygens (including phenoxy) is 1. The zero-order chi connectivity index (χ0) is 19.6. The van der Waals surface area contributed by atoms with Crippen LogP contribution in [0.25, 0.3) is 11.4 Å². The first-order valence-corrected chi connectivity index (χ1v) is 9.65. The minimum atomic E-state index is -0.290. The fraction of sp³-hybridized carbons (Fsp3) is 0.550. The lowest BCUT2D eigenvalue weighted by atomic mass is 9.98. The number of amides is 1. The molecule has 0 aliphatic heterocycles. The average molecular weight is 375 g/mol. The van der Waals surface area contributed by atoms with Crippen molar-refractivity contribution in [3.8, 4) is 17.1 Å². The van der Waals surface area contributed by atoms with Crippen molar-refractivity contribution in [1.29, 1.82) is 0 Å². The number of benzene rings is 1. The van der Waals surface area contributed by atoms with Crippen LogP contribution >= 0.6 is 0 Å². The quantitative estimate of drug-likeness (QED) is 0.588. The van der Waals surface area contributed by atoms with Gasteiger partial charge < -0.3 is 20.3 Å². The van der Waals surface area contributed by atoms with E-state index in [2.05, 4.69) is 35.0 Å². The molecule has 0 saturated heterocycles. The second kappa shape index (κ2) is 10.7. The van der Waals surface area contributed by atoms with Gasteiger partial charge in [-0.05, 0) is 37.3 Å². The molecule has 7 heteroatoms. The molecule has 0 spiro atoms. The molecule has 2 rings (SSSR count). The number of quaternary nitrogens is 1. The Morgan fingerprint density at radius 1 is 1.33 bits per heavy atom. The van der Waals surface area contributed by atoms with Crippen LogP contribution in [0.3, 0.4) is 0 Å². The van der Waals surface area contributed by atoms with Gasteiger partial charge in [-0.2, -0.15) is 4.98 Å². The third kappa shape index (κ3) is 6.06. The number of hydrogen-bond donors (Lipinski definition) is 2. The molecule has 148 valence electrons. The molecule has 0 aliphatic carbocycles. The van der Waals surface area contributed by atoms with Crippen LogP contribution in [0.1, 0.15) is 57.9 Å². The minimum absolute atomic E-state index is 0.0190. The Bertz CT molecular complexity index is 717. The van der Waals surface area contributed by atoms with Gasteiger partial charge in [-0.1, -0.05) is 37.6 Å². The summed E-state index contributed by atoms with van der Waals surface area (Å²) in [6.07, 6.45) is 4.34. The van der Waals surface area contributed by atoms with E-state index in [4.69, 9.17) is 9.26 Å². The lowest BCUT2D eigenvalue weighted by Gasteiger charge is -2.20. The van der Waals surface area contributed by atoms with Gasteiger partial charge in [-0.3, -0.25) is 4.79 Å². The smallest absolute Gasteiger partial charge is 0.249 e. The topological polar surface area (TPSA) is 105 Å². The number of nitrogens with zero attached hydrogens (tertiary/aromatic N) is 2. The van der Waals surface area contributed by atoms with E-state index >= 15 is 0 Å². The molecule has 1 amide bonds.